The minimum absolute atomic E-state index is 0.266. The van der Waals surface area contributed by atoms with Gasteiger partial charge in [0.1, 0.15) is 5.75 Å². The van der Waals surface area contributed by atoms with Crippen LogP contribution in [0.25, 0.3) is 0 Å². The van der Waals surface area contributed by atoms with Crippen molar-refractivity contribution in [1.29, 1.82) is 0 Å². The summed E-state index contributed by atoms with van der Waals surface area (Å²) in [6, 6.07) is 3.93. The summed E-state index contributed by atoms with van der Waals surface area (Å²) in [4.78, 5) is 0. The van der Waals surface area contributed by atoms with Crippen LogP contribution in [0.4, 0.5) is 0 Å². The molecule has 3 rings (SSSR count). The van der Waals surface area contributed by atoms with E-state index in [0.717, 1.165) is 31.2 Å². The van der Waals surface area contributed by atoms with E-state index in [-0.39, 0.29) is 5.54 Å². The molecule has 1 aromatic rings. The molecule has 17 heavy (non-hydrogen) atoms. The molecular formula is C15H21NO. The van der Waals surface area contributed by atoms with E-state index in [2.05, 4.69) is 6.07 Å². The van der Waals surface area contributed by atoms with E-state index in [1.807, 2.05) is 6.07 Å². The zero-order chi connectivity index (χ0) is 11.9. The van der Waals surface area contributed by atoms with Crippen molar-refractivity contribution < 1.29 is 5.11 Å². The molecular weight excluding hydrogens is 210 g/mol. The van der Waals surface area contributed by atoms with Gasteiger partial charge in [0.2, 0.25) is 0 Å². The second-order valence-corrected chi connectivity index (χ2v) is 5.67. The zero-order valence-electron chi connectivity index (χ0n) is 10.3. The monoisotopic (exact) mass is 231 g/mol. The van der Waals surface area contributed by atoms with E-state index < -0.39 is 0 Å². The molecule has 0 aromatic heterocycles. The first-order valence-electron chi connectivity index (χ1n) is 6.84. The molecule has 2 aliphatic rings. The molecule has 2 nitrogen and oxygen atoms in total. The number of aryl methyl sites for hydroxylation is 1. The number of hydrogen-bond acceptors (Lipinski definition) is 2. The number of aromatic hydroxyl groups is 1. The summed E-state index contributed by atoms with van der Waals surface area (Å²) >= 11 is 0. The molecule has 0 unspecified atom stereocenters. The second-order valence-electron chi connectivity index (χ2n) is 5.67. The Labute approximate surface area is 103 Å². The SMILES string of the molecule is NC1(c2c(O)ccc3c2CCC3)CCCCC1. The third-order valence-corrected chi connectivity index (χ3v) is 4.50. The maximum Gasteiger partial charge on any atom is 0.120 e. The number of benzene rings is 1. The van der Waals surface area contributed by atoms with Crippen LogP contribution in [0.5, 0.6) is 5.75 Å². The minimum atomic E-state index is -0.266. The molecule has 0 aliphatic heterocycles. The molecule has 0 amide bonds. The quantitative estimate of drug-likeness (QED) is 0.780. The maximum absolute atomic E-state index is 10.2. The van der Waals surface area contributed by atoms with Crippen LogP contribution in [0.1, 0.15) is 55.2 Å². The van der Waals surface area contributed by atoms with E-state index in [9.17, 15) is 5.11 Å². The second kappa shape index (κ2) is 4.02. The van der Waals surface area contributed by atoms with Gasteiger partial charge in [0.15, 0.2) is 0 Å². The van der Waals surface area contributed by atoms with E-state index >= 15 is 0 Å². The first-order valence-corrected chi connectivity index (χ1v) is 6.84. The van der Waals surface area contributed by atoms with Crippen LogP contribution in [0, 0.1) is 0 Å². The number of hydrogen-bond donors (Lipinski definition) is 2. The Bertz CT molecular complexity index is 433. The van der Waals surface area contributed by atoms with Gasteiger partial charge in [-0.1, -0.05) is 25.3 Å². The summed E-state index contributed by atoms with van der Waals surface area (Å²) in [6.07, 6.45) is 9.18. The molecule has 3 N–H and O–H groups in total. The van der Waals surface area contributed by atoms with Crippen LogP contribution in [0.15, 0.2) is 12.1 Å². The lowest BCUT2D eigenvalue weighted by Crippen LogP contribution is -2.39. The highest BCUT2D eigenvalue weighted by molar-refractivity contribution is 5.50. The lowest BCUT2D eigenvalue weighted by molar-refractivity contribution is 0.290. The van der Waals surface area contributed by atoms with Crippen molar-refractivity contribution in [3.05, 3.63) is 28.8 Å². The molecule has 0 spiro atoms. The predicted octanol–water partition coefficient (Wildman–Crippen LogP) is 3.00. The van der Waals surface area contributed by atoms with Crippen molar-refractivity contribution in [2.75, 3.05) is 0 Å². The number of phenols is 1. The average Bonchev–Trinajstić information content (AvgIpc) is 2.77. The lowest BCUT2D eigenvalue weighted by atomic mass is 9.75. The highest BCUT2D eigenvalue weighted by Gasteiger charge is 2.35. The average molecular weight is 231 g/mol. The number of nitrogens with two attached hydrogens (primary N) is 1. The molecule has 0 heterocycles. The van der Waals surface area contributed by atoms with Gasteiger partial charge in [0.05, 0.1) is 0 Å². The predicted molar refractivity (Wildman–Crippen MR) is 69.1 cm³/mol. The first-order chi connectivity index (χ1) is 8.21. The summed E-state index contributed by atoms with van der Waals surface area (Å²) in [5, 5.41) is 10.2. The van der Waals surface area contributed by atoms with Crippen LogP contribution in [0.3, 0.4) is 0 Å². The number of fused-ring (bicyclic) bond motifs is 1. The third kappa shape index (κ3) is 1.75. The normalized spacial score (nSPS) is 22.4. The Hall–Kier alpha value is -1.02. The maximum atomic E-state index is 10.2. The molecule has 0 bridgehead atoms. The number of phenolic OH excluding ortho intramolecular Hbond substituents is 1. The first kappa shape index (κ1) is 11.1. The van der Waals surface area contributed by atoms with E-state index in [4.69, 9.17) is 5.73 Å². The van der Waals surface area contributed by atoms with Crippen molar-refractivity contribution in [2.24, 2.45) is 5.73 Å². The van der Waals surface area contributed by atoms with Gasteiger partial charge in [-0.3, -0.25) is 0 Å². The molecule has 2 aliphatic carbocycles. The smallest absolute Gasteiger partial charge is 0.120 e. The van der Waals surface area contributed by atoms with Crippen molar-refractivity contribution in [3.63, 3.8) is 0 Å². The van der Waals surface area contributed by atoms with E-state index in [0.29, 0.717) is 5.75 Å². The fourth-order valence-corrected chi connectivity index (χ4v) is 3.64. The number of rotatable bonds is 1. The van der Waals surface area contributed by atoms with Gasteiger partial charge in [0.25, 0.3) is 0 Å². The van der Waals surface area contributed by atoms with E-state index in [1.165, 1.54) is 36.8 Å². The Balaban J connectivity index is 2.10. The van der Waals surface area contributed by atoms with Gasteiger partial charge in [-0.05, 0) is 49.3 Å². The largest absolute Gasteiger partial charge is 0.508 e. The molecule has 2 heteroatoms. The Kier molecular flexibility index (Phi) is 2.62. The Morgan fingerprint density at radius 1 is 1.00 bits per heavy atom. The van der Waals surface area contributed by atoms with Crippen LogP contribution >= 0.6 is 0 Å². The Morgan fingerprint density at radius 3 is 2.53 bits per heavy atom. The highest BCUT2D eigenvalue weighted by Crippen LogP contribution is 2.43. The topological polar surface area (TPSA) is 46.2 Å². The third-order valence-electron chi connectivity index (χ3n) is 4.50. The molecule has 1 fully saturated rings. The molecule has 92 valence electrons. The van der Waals surface area contributed by atoms with Crippen molar-refractivity contribution in [1.82, 2.24) is 0 Å². The molecule has 1 saturated carbocycles. The summed E-state index contributed by atoms with van der Waals surface area (Å²) < 4.78 is 0. The zero-order valence-corrected chi connectivity index (χ0v) is 10.3. The molecule has 0 saturated heterocycles. The van der Waals surface area contributed by atoms with Gasteiger partial charge in [-0.15, -0.1) is 0 Å². The van der Waals surface area contributed by atoms with Gasteiger partial charge >= 0.3 is 0 Å². The van der Waals surface area contributed by atoms with Gasteiger partial charge < -0.3 is 10.8 Å². The molecule has 1 aromatic carbocycles. The van der Waals surface area contributed by atoms with Gasteiger partial charge in [-0.2, -0.15) is 0 Å². The molecule has 0 atom stereocenters. The summed E-state index contributed by atoms with van der Waals surface area (Å²) in [5.74, 6) is 0.426. The van der Waals surface area contributed by atoms with Gasteiger partial charge in [0, 0.05) is 11.1 Å². The fourth-order valence-electron chi connectivity index (χ4n) is 3.64. The highest BCUT2D eigenvalue weighted by atomic mass is 16.3. The van der Waals surface area contributed by atoms with Crippen molar-refractivity contribution >= 4 is 0 Å². The summed E-state index contributed by atoms with van der Waals surface area (Å²) in [7, 11) is 0. The van der Waals surface area contributed by atoms with E-state index in [1.54, 1.807) is 0 Å². The fraction of sp³-hybridized carbons (Fsp3) is 0.600. The summed E-state index contributed by atoms with van der Waals surface area (Å²) in [5.41, 5.74) is 10.2. The van der Waals surface area contributed by atoms with Crippen LogP contribution in [-0.2, 0) is 18.4 Å². The van der Waals surface area contributed by atoms with Crippen molar-refractivity contribution in [2.45, 2.75) is 56.9 Å². The van der Waals surface area contributed by atoms with Crippen molar-refractivity contribution in [3.8, 4) is 5.75 Å². The molecule has 0 radical (unpaired) electrons. The minimum Gasteiger partial charge on any atom is -0.508 e. The van der Waals surface area contributed by atoms with Crippen LogP contribution in [0.2, 0.25) is 0 Å². The standard InChI is InChI=1S/C15H21NO/c16-15(9-2-1-3-10-15)14-12-6-4-5-11(12)7-8-13(14)17/h7-8,17H,1-6,9-10,16H2. The van der Waals surface area contributed by atoms with Crippen LogP contribution in [-0.4, -0.2) is 5.11 Å². The van der Waals surface area contributed by atoms with Gasteiger partial charge in [-0.25, -0.2) is 0 Å². The van der Waals surface area contributed by atoms with Crippen LogP contribution < -0.4 is 5.73 Å². The summed E-state index contributed by atoms with van der Waals surface area (Å²) in [6.45, 7) is 0. The lowest BCUT2D eigenvalue weighted by Gasteiger charge is -2.36. The Morgan fingerprint density at radius 2 is 1.76 bits per heavy atom.